The van der Waals surface area contributed by atoms with Crippen molar-refractivity contribution in [2.75, 3.05) is 0 Å². The Morgan fingerprint density at radius 3 is 2.43 bits per heavy atom. The normalized spacial score (nSPS) is 9.43. The Bertz CT molecular complexity index is 140. The molecule has 7 heavy (non-hydrogen) atoms. The Labute approximate surface area is 55.3 Å². The summed E-state index contributed by atoms with van der Waals surface area (Å²) in [7, 11) is 0. The average Bonchev–Trinajstić information content (AvgIpc) is 1.91. The van der Waals surface area contributed by atoms with E-state index < -0.39 is 0 Å². The molecule has 0 aliphatic rings. The fraction of sp³-hybridized carbons (Fsp3) is 0. The predicted molar refractivity (Wildman–Crippen MR) is 36.5 cm³/mol. The van der Waals surface area contributed by atoms with Gasteiger partial charge in [0.15, 0.2) is 0 Å². The zero-order chi connectivity index (χ0) is 5.28. The third kappa shape index (κ3) is 1.04. The van der Waals surface area contributed by atoms with Gasteiger partial charge < -0.3 is 0 Å². The van der Waals surface area contributed by atoms with Crippen LogP contribution in [0.2, 0.25) is 0 Å². The fourth-order valence-corrected chi connectivity index (χ4v) is 1.53. The topological polar surface area (TPSA) is 0 Å². The first-order valence-corrected chi connectivity index (χ1v) is 3.58. The highest BCUT2D eigenvalue weighted by Gasteiger charge is 1.89. The van der Waals surface area contributed by atoms with E-state index in [-0.39, 0.29) is 0 Å². The minimum Gasteiger partial charge on any atom is -0.151 e. The molecule has 0 bridgehead atoms. The molecule has 1 aromatic heterocycles. The van der Waals surface area contributed by atoms with Crippen molar-refractivity contribution in [2.45, 2.75) is 0 Å². The quantitative estimate of drug-likeness (QED) is 0.570. The Hall–Kier alpha value is 0.180. The van der Waals surface area contributed by atoms with Gasteiger partial charge in [-0.05, 0) is 33.8 Å². The van der Waals surface area contributed by atoms with E-state index in [9.17, 15) is 0 Å². The summed E-state index contributed by atoms with van der Waals surface area (Å²) >= 11 is 4.97. The van der Waals surface area contributed by atoms with Gasteiger partial charge in [-0.15, -0.1) is 0 Å². The molecule has 0 aliphatic heterocycles. The Kier molecular flexibility index (Phi) is 1.50. The highest BCUT2D eigenvalue weighted by atomic mass is 79.9. The molecule has 2 heteroatoms. The predicted octanol–water partition coefficient (Wildman–Crippen LogP) is 2.69. The first kappa shape index (κ1) is 5.32. The summed E-state index contributed by atoms with van der Waals surface area (Å²) in [5.74, 6) is 0. The van der Waals surface area contributed by atoms with E-state index >= 15 is 0 Å². The van der Waals surface area contributed by atoms with Crippen LogP contribution in [0.1, 0.15) is 5.56 Å². The SMILES string of the molecule is [CH2]c1cscc1Br. The first-order valence-electron chi connectivity index (χ1n) is 1.84. The second kappa shape index (κ2) is 1.97. The molecule has 1 aromatic rings. The summed E-state index contributed by atoms with van der Waals surface area (Å²) in [5.41, 5.74) is 1.07. The molecular weight excluding hydrogens is 172 g/mol. The van der Waals surface area contributed by atoms with Gasteiger partial charge in [-0.1, -0.05) is 0 Å². The number of rotatable bonds is 0. The van der Waals surface area contributed by atoms with Gasteiger partial charge in [0.2, 0.25) is 0 Å². The van der Waals surface area contributed by atoms with Crippen molar-refractivity contribution >= 4 is 27.3 Å². The van der Waals surface area contributed by atoms with Crippen molar-refractivity contribution in [3.05, 3.63) is 27.7 Å². The Morgan fingerprint density at radius 2 is 2.29 bits per heavy atom. The van der Waals surface area contributed by atoms with Gasteiger partial charge in [-0.2, -0.15) is 11.3 Å². The highest BCUT2D eigenvalue weighted by molar-refractivity contribution is 9.10. The lowest BCUT2D eigenvalue weighted by Crippen LogP contribution is -1.56. The molecule has 0 N–H and O–H groups in total. The number of hydrogen-bond acceptors (Lipinski definition) is 1. The summed E-state index contributed by atoms with van der Waals surface area (Å²) in [6, 6.07) is 0. The maximum atomic E-state index is 3.74. The van der Waals surface area contributed by atoms with E-state index in [1.165, 1.54) is 0 Å². The summed E-state index contributed by atoms with van der Waals surface area (Å²) in [5, 5.41) is 4.02. The fourth-order valence-electron chi connectivity index (χ4n) is 0.308. The largest absolute Gasteiger partial charge is 0.151 e. The van der Waals surface area contributed by atoms with E-state index in [0.717, 1.165) is 10.0 Å². The second-order valence-electron chi connectivity index (χ2n) is 1.24. The van der Waals surface area contributed by atoms with Crippen molar-refractivity contribution in [3.63, 3.8) is 0 Å². The monoisotopic (exact) mass is 175 g/mol. The molecule has 0 aromatic carbocycles. The van der Waals surface area contributed by atoms with Crippen LogP contribution in [-0.2, 0) is 0 Å². The Morgan fingerprint density at radius 1 is 1.57 bits per heavy atom. The molecule has 37 valence electrons. The van der Waals surface area contributed by atoms with Crippen molar-refractivity contribution < 1.29 is 0 Å². The molecule has 1 radical (unpaired) electrons. The maximum absolute atomic E-state index is 3.74. The summed E-state index contributed by atoms with van der Waals surface area (Å²) in [6.45, 7) is 3.74. The van der Waals surface area contributed by atoms with Crippen molar-refractivity contribution in [1.82, 2.24) is 0 Å². The van der Waals surface area contributed by atoms with Crippen molar-refractivity contribution in [3.8, 4) is 0 Å². The maximum Gasteiger partial charge on any atom is 0.0314 e. The van der Waals surface area contributed by atoms with Crippen LogP contribution in [0.5, 0.6) is 0 Å². The van der Waals surface area contributed by atoms with E-state index in [1.54, 1.807) is 11.3 Å². The van der Waals surface area contributed by atoms with Crippen LogP contribution in [0.3, 0.4) is 0 Å². The van der Waals surface area contributed by atoms with Gasteiger partial charge in [0.1, 0.15) is 0 Å². The van der Waals surface area contributed by atoms with E-state index in [0.29, 0.717) is 0 Å². The smallest absolute Gasteiger partial charge is 0.0314 e. The minimum absolute atomic E-state index is 1.07. The van der Waals surface area contributed by atoms with Crippen LogP contribution < -0.4 is 0 Å². The highest BCUT2D eigenvalue weighted by Crippen LogP contribution is 2.19. The lowest BCUT2D eigenvalue weighted by Gasteiger charge is -1.77. The van der Waals surface area contributed by atoms with E-state index in [2.05, 4.69) is 22.9 Å². The van der Waals surface area contributed by atoms with Crippen molar-refractivity contribution in [1.29, 1.82) is 0 Å². The summed E-state index contributed by atoms with van der Waals surface area (Å²) < 4.78 is 1.11. The lowest BCUT2D eigenvalue weighted by molar-refractivity contribution is 1.72. The van der Waals surface area contributed by atoms with Gasteiger partial charge >= 0.3 is 0 Å². The molecule has 0 atom stereocenters. The zero-order valence-electron chi connectivity index (χ0n) is 3.65. The average molecular weight is 176 g/mol. The third-order valence-corrected chi connectivity index (χ3v) is 2.52. The molecule has 1 rings (SSSR count). The zero-order valence-corrected chi connectivity index (χ0v) is 6.05. The number of thiophene rings is 1. The van der Waals surface area contributed by atoms with Crippen molar-refractivity contribution in [2.24, 2.45) is 0 Å². The van der Waals surface area contributed by atoms with Crippen LogP contribution in [0.15, 0.2) is 15.2 Å². The first-order chi connectivity index (χ1) is 3.30. The second-order valence-corrected chi connectivity index (χ2v) is 2.84. The van der Waals surface area contributed by atoms with E-state index in [4.69, 9.17) is 0 Å². The van der Waals surface area contributed by atoms with Crippen LogP contribution in [0, 0.1) is 6.92 Å². The molecule has 0 unspecified atom stereocenters. The molecular formula is C5H4BrS. The third-order valence-electron chi connectivity index (χ3n) is 0.689. The number of hydrogen-bond donors (Lipinski definition) is 0. The van der Waals surface area contributed by atoms with Gasteiger partial charge in [-0.25, -0.2) is 0 Å². The molecule has 0 saturated heterocycles. The summed E-state index contributed by atoms with van der Waals surface area (Å²) in [4.78, 5) is 0. The molecule has 1 heterocycles. The van der Waals surface area contributed by atoms with Crippen LogP contribution in [0.25, 0.3) is 0 Å². The van der Waals surface area contributed by atoms with Crippen LogP contribution >= 0.6 is 27.3 Å². The van der Waals surface area contributed by atoms with Gasteiger partial charge in [0, 0.05) is 9.85 Å². The molecule has 0 fully saturated rings. The van der Waals surface area contributed by atoms with E-state index in [1.807, 2.05) is 10.8 Å². The Balaban J connectivity index is 3.12. The number of halogens is 1. The summed E-state index contributed by atoms with van der Waals surface area (Å²) in [6.07, 6.45) is 0. The van der Waals surface area contributed by atoms with Gasteiger partial charge in [-0.3, -0.25) is 0 Å². The molecule has 0 saturated carbocycles. The lowest BCUT2D eigenvalue weighted by atomic mass is 10.4. The van der Waals surface area contributed by atoms with Gasteiger partial charge in [0.05, 0.1) is 0 Å². The van der Waals surface area contributed by atoms with Gasteiger partial charge in [0.25, 0.3) is 0 Å². The molecule has 0 spiro atoms. The standard InChI is InChI=1S/C5H4BrS/c1-4-2-7-3-5(4)6/h2-3H,1H2. The van der Waals surface area contributed by atoms with Crippen LogP contribution in [-0.4, -0.2) is 0 Å². The molecule has 0 amide bonds. The van der Waals surface area contributed by atoms with Crippen LogP contribution in [0.4, 0.5) is 0 Å². The molecule has 0 aliphatic carbocycles. The minimum atomic E-state index is 1.07. The molecule has 0 nitrogen and oxygen atoms in total.